The maximum absolute atomic E-state index is 12.2. The Morgan fingerprint density at radius 1 is 1.31 bits per heavy atom. The van der Waals surface area contributed by atoms with Gasteiger partial charge in [-0.3, -0.25) is 10.3 Å². The van der Waals surface area contributed by atoms with Gasteiger partial charge in [0.1, 0.15) is 23.2 Å². The van der Waals surface area contributed by atoms with Crippen LogP contribution in [-0.2, 0) is 17.7 Å². The highest BCUT2D eigenvalue weighted by atomic mass is 32.1. The Morgan fingerprint density at radius 3 is 2.89 bits per heavy atom. The maximum Gasteiger partial charge on any atom is 0.350 e. The van der Waals surface area contributed by atoms with Crippen LogP contribution in [0.15, 0.2) is 24.5 Å². The van der Waals surface area contributed by atoms with Crippen LogP contribution in [0.5, 0.6) is 0 Å². The fraction of sp³-hybridized carbons (Fsp3) is 0.458. The number of nitrogens with one attached hydrogen (secondary N) is 1. The van der Waals surface area contributed by atoms with Crippen molar-refractivity contribution in [2.75, 3.05) is 41.5 Å². The highest BCUT2D eigenvalue weighted by Gasteiger charge is 2.28. The second kappa shape index (κ2) is 11.4. The van der Waals surface area contributed by atoms with Gasteiger partial charge in [0.15, 0.2) is 5.13 Å². The monoisotopic (exact) mass is 497 g/mol. The number of ether oxygens (including phenoxy) is 1. The number of carbonyl (C=O) groups is 1. The third-order valence-corrected chi connectivity index (χ3v) is 6.77. The van der Waals surface area contributed by atoms with Crippen LogP contribution in [0.4, 0.5) is 22.7 Å². The van der Waals surface area contributed by atoms with E-state index in [2.05, 4.69) is 27.1 Å². The summed E-state index contributed by atoms with van der Waals surface area (Å²) in [5.74, 6) is 1.53. The van der Waals surface area contributed by atoms with Crippen molar-refractivity contribution in [1.29, 1.82) is 0 Å². The van der Waals surface area contributed by atoms with Gasteiger partial charge >= 0.3 is 5.97 Å². The number of unbranched alkanes of at least 4 members (excludes halogenated alkanes) is 1. The number of fused-ring (bicyclic) bond motifs is 1. The summed E-state index contributed by atoms with van der Waals surface area (Å²) in [5, 5.41) is 13.8. The highest BCUT2D eigenvalue weighted by Crippen LogP contribution is 2.36. The van der Waals surface area contributed by atoms with Gasteiger partial charge in [-0.25, -0.2) is 9.78 Å². The van der Waals surface area contributed by atoms with E-state index in [1.807, 2.05) is 23.2 Å². The first kappa shape index (κ1) is 24.8. The van der Waals surface area contributed by atoms with Crippen molar-refractivity contribution >= 4 is 40.0 Å². The van der Waals surface area contributed by atoms with Gasteiger partial charge in [-0.1, -0.05) is 30.7 Å². The van der Waals surface area contributed by atoms with Gasteiger partial charge < -0.3 is 19.6 Å². The number of rotatable bonds is 11. The molecule has 4 rings (SSSR count). The Labute approximate surface area is 209 Å². The first-order chi connectivity index (χ1) is 17.0. The maximum atomic E-state index is 12.2. The van der Waals surface area contributed by atoms with Gasteiger partial charge in [-0.05, 0) is 38.3 Å². The van der Waals surface area contributed by atoms with E-state index in [-0.39, 0.29) is 12.7 Å². The van der Waals surface area contributed by atoms with Gasteiger partial charge in [-0.2, -0.15) is 9.97 Å². The number of pyridine rings is 1. The SMILES string of the molecule is CCCCN(CO)c1nc(Nc2nc(C)c(C(=O)OCC)s2)nc2c1CCN2Cc1cccnc1. The number of hydrogen-bond acceptors (Lipinski definition) is 11. The van der Waals surface area contributed by atoms with Gasteiger partial charge in [0.25, 0.3) is 0 Å². The summed E-state index contributed by atoms with van der Waals surface area (Å²) in [6.07, 6.45) is 6.36. The standard InChI is InChI=1S/C24H31N7O3S/c1-4-6-11-31(15-32)21-18-9-12-30(14-17-8-7-10-25-13-17)20(18)27-23(28-21)29-24-26-16(3)19(35-24)22(33)34-5-2/h7-8,10,13,32H,4-6,9,11-12,14-15H2,1-3H3,(H,26,27,28,29). The van der Waals surface area contributed by atoms with Crippen LogP contribution in [0.1, 0.15) is 53.2 Å². The lowest BCUT2D eigenvalue weighted by molar-refractivity contribution is 0.0531. The summed E-state index contributed by atoms with van der Waals surface area (Å²) >= 11 is 1.21. The predicted molar refractivity (Wildman–Crippen MR) is 136 cm³/mol. The van der Waals surface area contributed by atoms with Crippen LogP contribution in [0.2, 0.25) is 0 Å². The van der Waals surface area contributed by atoms with Crippen molar-refractivity contribution < 1.29 is 14.6 Å². The Balaban J connectivity index is 1.68. The number of aryl methyl sites for hydroxylation is 1. The molecule has 0 aromatic carbocycles. The molecule has 10 nitrogen and oxygen atoms in total. The summed E-state index contributed by atoms with van der Waals surface area (Å²) in [6, 6.07) is 3.97. The molecule has 35 heavy (non-hydrogen) atoms. The predicted octanol–water partition coefficient (Wildman–Crippen LogP) is 3.68. The van der Waals surface area contributed by atoms with Crippen LogP contribution >= 0.6 is 11.3 Å². The molecule has 0 unspecified atom stereocenters. The Morgan fingerprint density at radius 2 is 2.17 bits per heavy atom. The Kier molecular flexibility index (Phi) is 8.09. The summed E-state index contributed by atoms with van der Waals surface area (Å²) in [7, 11) is 0. The van der Waals surface area contributed by atoms with Crippen molar-refractivity contribution in [2.45, 2.75) is 46.6 Å². The van der Waals surface area contributed by atoms with Crippen LogP contribution in [-0.4, -0.2) is 57.4 Å². The zero-order valence-electron chi connectivity index (χ0n) is 20.3. The van der Waals surface area contributed by atoms with E-state index in [4.69, 9.17) is 14.7 Å². The summed E-state index contributed by atoms with van der Waals surface area (Å²) in [5.41, 5.74) is 2.71. The molecular formula is C24H31N7O3S. The fourth-order valence-electron chi connectivity index (χ4n) is 4.01. The molecule has 1 aliphatic heterocycles. The van der Waals surface area contributed by atoms with Crippen molar-refractivity contribution in [3.05, 3.63) is 46.2 Å². The second-order valence-corrected chi connectivity index (χ2v) is 9.24. The van der Waals surface area contributed by atoms with Crippen LogP contribution in [0.25, 0.3) is 0 Å². The minimum atomic E-state index is -0.389. The molecule has 11 heteroatoms. The first-order valence-corrected chi connectivity index (χ1v) is 12.7. The van der Waals surface area contributed by atoms with Gasteiger partial charge in [0.05, 0.1) is 12.3 Å². The molecule has 0 amide bonds. The highest BCUT2D eigenvalue weighted by molar-refractivity contribution is 7.17. The molecule has 0 spiro atoms. The molecule has 0 fully saturated rings. The topological polar surface area (TPSA) is 117 Å². The number of aromatic nitrogens is 4. The van der Waals surface area contributed by atoms with Gasteiger partial charge in [0, 0.05) is 37.6 Å². The fourth-order valence-corrected chi connectivity index (χ4v) is 4.86. The lowest BCUT2D eigenvalue weighted by Gasteiger charge is -2.24. The average Bonchev–Trinajstić information content (AvgIpc) is 3.43. The van der Waals surface area contributed by atoms with Crippen LogP contribution < -0.4 is 15.1 Å². The zero-order valence-corrected chi connectivity index (χ0v) is 21.1. The molecule has 0 aliphatic carbocycles. The molecule has 3 aromatic rings. The van der Waals surface area contributed by atoms with Crippen LogP contribution in [0, 0.1) is 6.92 Å². The number of hydrogen-bond donors (Lipinski definition) is 2. The number of nitrogens with zero attached hydrogens (tertiary/aromatic N) is 6. The lowest BCUT2D eigenvalue weighted by Crippen LogP contribution is -2.28. The number of esters is 1. The van der Waals surface area contributed by atoms with E-state index in [0.29, 0.717) is 41.3 Å². The summed E-state index contributed by atoms with van der Waals surface area (Å²) < 4.78 is 5.13. The average molecular weight is 498 g/mol. The largest absolute Gasteiger partial charge is 0.462 e. The van der Waals surface area contributed by atoms with Gasteiger partial charge in [0.2, 0.25) is 5.95 Å². The minimum Gasteiger partial charge on any atom is -0.462 e. The number of aliphatic hydroxyl groups is 1. The normalized spacial score (nSPS) is 12.5. The van der Waals surface area contributed by atoms with E-state index in [9.17, 15) is 9.90 Å². The third kappa shape index (κ3) is 5.68. The van der Waals surface area contributed by atoms with Crippen molar-refractivity contribution in [3.8, 4) is 0 Å². The second-order valence-electron chi connectivity index (χ2n) is 8.24. The molecule has 0 bridgehead atoms. The molecule has 0 atom stereocenters. The van der Waals surface area contributed by atoms with E-state index >= 15 is 0 Å². The quantitative estimate of drug-likeness (QED) is 0.300. The first-order valence-electron chi connectivity index (χ1n) is 11.9. The summed E-state index contributed by atoms with van der Waals surface area (Å²) in [4.78, 5) is 35.1. The minimum absolute atomic E-state index is 0.130. The Hall–Kier alpha value is -3.31. The molecule has 0 saturated heterocycles. The number of thiazole rings is 1. The van der Waals surface area contributed by atoms with E-state index < -0.39 is 0 Å². The smallest absolute Gasteiger partial charge is 0.350 e. The zero-order chi connectivity index (χ0) is 24.8. The summed E-state index contributed by atoms with van der Waals surface area (Å²) in [6.45, 7) is 8.01. The van der Waals surface area contributed by atoms with Crippen LogP contribution in [0.3, 0.4) is 0 Å². The molecular weight excluding hydrogens is 466 g/mol. The Bertz CT molecular complexity index is 1160. The number of aliphatic hydroxyl groups excluding tert-OH is 1. The van der Waals surface area contributed by atoms with Crippen molar-refractivity contribution in [1.82, 2.24) is 19.9 Å². The molecule has 4 heterocycles. The molecule has 3 aromatic heterocycles. The molecule has 0 saturated carbocycles. The van der Waals surface area contributed by atoms with E-state index in [1.54, 1.807) is 20.0 Å². The lowest BCUT2D eigenvalue weighted by atomic mass is 10.2. The van der Waals surface area contributed by atoms with Gasteiger partial charge in [-0.15, -0.1) is 0 Å². The number of anilines is 4. The number of carbonyl (C=O) groups excluding carboxylic acids is 1. The van der Waals surface area contributed by atoms with Crippen molar-refractivity contribution in [3.63, 3.8) is 0 Å². The molecule has 2 N–H and O–H groups in total. The van der Waals surface area contributed by atoms with E-state index in [0.717, 1.165) is 48.6 Å². The third-order valence-electron chi connectivity index (χ3n) is 5.72. The molecule has 1 aliphatic rings. The van der Waals surface area contributed by atoms with Crippen molar-refractivity contribution in [2.24, 2.45) is 0 Å². The molecule has 0 radical (unpaired) electrons. The van der Waals surface area contributed by atoms with E-state index in [1.165, 1.54) is 11.3 Å². The molecule has 186 valence electrons.